The van der Waals surface area contributed by atoms with Crippen LogP contribution in [0, 0.1) is 0 Å². The smallest absolute Gasteiger partial charge is 0.295 e. The zero-order valence-corrected chi connectivity index (χ0v) is 17.9. The van der Waals surface area contributed by atoms with E-state index in [1.807, 2.05) is 0 Å². The Labute approximate surface area is 174 Å². The van der Waals surface area contributed by atoms with Crippen LogP contribution < -0.4 is 10.6 Å². The predicted octanol–water partition coefficient (Wildman–Crippen LogP) is 3.21. The van der Waals surface area contributed by atoms with E-state index in [4.69, 9.17) is 0 Å². The van der Waals surface area contributed by atoms with E-state index in [9.17, 15) is 22.4 Å². The van der Waals surface area contributed by atoms with Gasteiger partial charge in [-0.3, -0.25) is 14.1 Å². The van der Waals surface area contributed by atoms with Crippen LogP contribution in [0.25, 0.3) is 5.57 Å². The van der Waals surface area contributed by atoms with Crippen molar-refractivity contribution in [2.75, 3.05) is 19.4 Å². The Morgan fingerprint density at radius 3 is 2.47 bits per heavy atom. The molecule has 0 saturated carbocycles. The fourth-order valence-electron chi connectivity index (χ4n) is 3.73. The molecule has 2 aromatic rings. The van der Waals surface area contributed by atoms with Crippen LogP contribution in [0.5, 0.6) is 0 Å². The summed E-state index contributed by atoms with van der Waals surface area (Å²) in [5, 5.41) is 3.32. The van der Waals surface area contributed by atoms with Crippen molar-refractivity contribution < 1.29 is 22.4 Å². The van der Waals surface area contributed by atoms with Crippen LogP contribution >= 0.6 is 7.37 Å². The van der Waals surface area contributed by atoms with Gasteiger partial charge in [0.15, 0.2) is 0 Å². The molecular formula is C21H19N2O5PS. The summed E-state index contributed by atoms with van der Waals surface area (Å²) < 4.78 is 47.5. The van der Waals surface area contributed by atoms with Gasteiger partial charge in [0.05, 0.1) is 16.3 Å². The van der Waals surface area contributed by atoms with Crippen LogP contribution in [0.1, 0.15) is 11.1 Å². The van der Waals surface area contributed by atoms with Gasteiger partial charge in [0.25, 0.3) is 17.5 Å². The lowest BCUT2D eigenvalue weighted by Gasteiger charge is -2.31. The van der Waals surface area contributed by atoms with Crippen molar-refractivity contribution in [3.63, 3.8) is 0 Å². The lowest BCUT2D eigenvalue weighted by atomic mass is 9.90. The molecule has 1 aliphatic carbocycles. The second-order valence-electron chi connectivity index (χ2n) is 6.83. The number of benzene rings is 2. The van der Waals surface area contributed by atoms with E-state index < -0.39 is 17.5 Å². The molecule has 0 fully saturated rings. The summed E-state index contributed by atoms with van der Waals surface area (Å²) in [6, 6.07) is 11.1. The van der Waals surface area contributed by atoms with E-state index >= 15 is 0 Å². The van der Waals surface area contributed by atoms with Gasteiger partial charge in [0.1, 0.15) is 4.90 Å². The molecule has 0 saturated heterocycles. The van der Waals surface area contributed by atoms with Crippen molar-refractivity contribution in [2.24, 2.45) is 4.99 Å². The number of aliphatic imine (C=N–C) groups is 1. The molecule has 1 atom stereocenters. The molecule has 154 valence electrons. The van der Waals surface area contributed by atoms with E-state index in [0.717, 1.165) is 0 Å². The van der Waals surface area contributed by atoms with Gasteiger partial charge in [0, 0.05) is 25.3 Å². The molecule has 4 rings (SSSR count). The zero-order valence-electron chi connectivity index (χ0n) is 16.2. The molecule has 2 aliphatic rings. The van der Waals surface area contributed by atoms with Gasteiger partial charge in [-0.15, -0.1) is 0 Å². The molecule has 3 N–H and O–H groups in total. The Morgan fingerprint density at radius 1 is 1.07 bits per heavy atom. The Morgan fingerprint density at radius 2 is 1.80 bits per heavy atom. The lowest BCUT2D eigenvalue weighted by molar-refractivity contribution is 0.483. The molecule has 1 aliphatic heterocycles. The highest BCUT2D eigenvalue weighted by Crippen LogP contribution is 2.59. The molecule has 0 spiro atoms. The largest absolute Gasteiger partial charge is 0.388 e. The Balaban J connectivity index is 2.17. The number of nitrogens with one attached hydrogen (secondary N) is 1. The minimum Gasteiger partial charge on any atom is -0.388 e. The van der Waals surface area contributed by atoms with Crippen molar-refractivity contribution in [1.29, 1.82) is 0 Å². The monoisotopic (exact) mass is 442 g/mol. The van der Waals surface area contributed by atoms with Gasteiger partial charge in [0.2, 0.25) is 0 Å². The predicted molar refractivity (Wildman–Crippen MR) is 118 cm³/mol. The van der Waals surface area contributed by atoms with Crippen LogP contribution in [0.15, 0.2) is 81.5 Å². The quantitative estimate of drug-likeness (QED) is 0.497. The maximum absolute atomic E-state index is 13.6. The molecule has 0 amide bonds. The third-order valence-electron chi connectivity index (χ3n) is 5.15. The summed E-state index contributed by atoms with van der Waals surface area (Å²) in [7, 11) is -5.24. The van der Waals surface area contributed by atoms with E-state index in [2.05, 4.69) is 10.3 Å². The first kappa shape index (κ1) is 20.5. The minimum absolute atomic E-state index is 0.173. The molecule has 30 heavy (non-hydrogen) atoms. The van der Waals surface area contributed by atoms with Crippen molar-refractivity contribution in [1.82, 2.24) is 0 Å². The summed E-state index contributed by atoms with van der Waals surface area (Å²) in [5.41, 5.74) is 2.74. The number of rotatable bonds is 3. The molecule has 1 heterocycles. The molecule has 0 bridgehead atoms. The fourth-order valence-corrected chi connectivity index (χ4v) is 6.34. The first-order chi connectivity index (χ1) is 14.2. The standard InChI is InChI=1S/C21H19N2O5PS/c1-22-13-7-9-15-18(11-13)29(24,25)19-12-14(23-2)8-10-16(19)21(15)17-5-3-4-6-20(17)30(26,27)28/h3-12,22H,1-2H3,(H,24,25)(H,26,27,28)/b23-14+. The van der Waals surface area contributed by atoms with E-state index in [-0.39, 0.29) is 21.1 Å². The Hall–Kier alpha value is -2.77. The average molecular weight is 442 g/mol. The van der Waals surface area contributed by atoms with Crippen molar-refractivity contribution in [3.05, 3.63) is 82.7 Å². The van der Waals surface area contributed by atoms with Gasteiger partial charge in [-0.05, 0) is 47.1 Å². The summed E-state index contributed by atoms with van der Waals surface area (Å²) in [6.07, 6.45) is 4.90. The molecule has 0 aromatic heterocycles. The van der Waals surface area contributed by atoms with Gasteiger partial charge < -0.3 is 10.2 Å². The van der Waals surface area contributed by atoms with Crippen LogP contribution in [-0.4, -0.2) is 37.7 Å². The Kier molecular flexibility index (Phi) is 4.91. The number of fused-ring (bicyclic) bond motifs is 2. The number of hydrogen-bond acceptors (Lipinski definition) is 5. The maximum Gasteiger partial charge on any atom is 0.295 e. The first-order valence-corrected chi connectivity index (χ1v) is 12.1. The molecule has 7 nitrogen and oxygen atoms in total. The fraction of sp³-hybridized carbons (Fsp3) is 0.0952. The number of hydrogen-bond donors (Lipinski definition) is 3. The van der Waals surface area contributed by atoms with Crippen LogP contribution in [0.2, 0.25) is 0 Å². The second-order valence-corrected chi connectivity index (χ2v) is 10.3. The van der Waals surface area contributed by atoms with Crippen LogP contribution in [0.3, 0.4) is 0 Å². The first-order valence-electron chi connectivity index (χ1n) is 9.02. The van der Waals surface area contributed by atoms with Gasteiger partial charge in [-0.25, -0.2) is 0 Å². The van der Waals surface area contributed by atoms with Gasteiger partial charge in [-0.2, -0.15) is 8.42 Å². The molecule has 0 radical (unpaired) electrons. The number of nitrogens with zero attached hydrogens (tertiary/aromatic N) is 1. The highest BCUT2D eigenvalue weighted by Gasteiger charge is 2.40. The average Bonchev–Trinajstić information content (AvgIpc) is 2.73. The third-order valence-corrected chi connectivity index (χ3v) is 8.11. The third kappa shape index (κ3) is 3.18. The normalized spacial score (nSPS) is 21.9. The highest BCUT2D eigenvalue weighted by atomic mass is 32.2. The lowest BCUT2D eigenvalue weighted by Crippen LogP contribution is -2.22. The van der Waals surface area contributed by atoms with Gasteiger partial charge >= 0.3 is 0 Å². The summed E-state index contributed by atoms with van der Waals surface area (Å²) >= 11 is 0. The summed E-state index contributed by atoms with van der Waals surface area (Å²) in [4.78, 5) is 14.9. The Bertz CT molecular complexity index is 1350. The summed E-state index contributed by atoms with van der Waals surface area (Å²) in [5.74, 6) is 0. The number of anilines is 1. The molecule has 9 heteroatoms. The van der Waals surface area contributed by atoms with Crippen molar-refractivity contribution in [3.8, 4) is 0 Å². The summed E-state index contributed by atoms with van der Waals surface area (Å²) in [6.45, 7) is 0. The minimum atomic E-state index is -4.53. The van der Waals surface area contributed by atoms with E-state index in [0.29, 0.717) is 28.1 Å². The van der Waals surface area contributed by atoms with Crippen molar-refractivity contribution >= 4 is 39.8 Å². The molecule has 1 unspecified atom stereocenters. The van der Waals surface area contributed by atoms with Gasteiger partial charge in [-0.1, -0.05) is 30.3 Å². The topological polar surface area (TPSA) is 116 Å². The zero-order chi connectivity index (χ0) is 21.7. The van der Waals surface area contributed by atoms with E-state index in [1.54, 1.807) is 62.7 Å². The number of allylic oxidation sites excluding steroid dienone is 5. The second kappa shape index (κ2) is 7.18. The maximum atomic E-state index is 13.6. The van der Waals surface area contributed by atoms with Crippen molar-refractivity contribution in [2.45, 2.75) is 4.90 Å². The van der Waals surface area contributed by atoms with Crippen LogP contribution in [0.4, 0.5) is 5.69 Å². The molecule has 2 aromatic carbocycles. The molecular weight excluding hydrogens is 423 g/mol. The SMILES string of the molecule is C/N=C1\C=CC2=C(c3ccccc3S(=O)(=O)O)c3ccc(NC)cc3P(=O)(O)C2=C1. The van der Waals surface area contributed by atoms with Crippen LogP contribution in [-0.2, 0) is 14.7 Å². The highest BCUT2D eigenvalue weighted by molar-refractivity contribution is 7.86. The van der Waals surface area contributed by atoms with E-state index in [1.165, 1.54) is 12.1 Å².